The van der Waals surface area contributed by atoms with Crippen molar-refractivity contribution in [2.75, 3.05) is 67.5 Å². The zero-order valence-electron chi connectivity index (χ0n) is 21.7. The van der Waals surface area contributed by atoms with E-state index in [-0.39, 0.29) is 6.03 Å². The summed E-state index contributed by atoms with van der Waals surface area (Å²) in [4.78, 5) is 23.2. The highest BCUT2D eigenvalue weighted by molar-refractivity contribution is 6.31. The van der Waals surface area contributed by atoms with Crippen LogP contribution in [0, 0.1) is 0 Å². The van der Waals surface area contributed by atoms with E-state index < -0.39 is 0 Å². The van der Waals surface area contributed by atoms with Crippen LogP contribution in [0.15, 0.2) is 85.2 Å². The van der Waals surface area contributed by atoms with Crippen molar-refractivity contribution in [2.24, 2.45) is 0 Å². The van der Waals surface area contributed by atoms with E-state index in [0.29, 0.717) is 13.1 Å². The van der Waals surface area contributed by atoms with Crippen LogP contribution in [0.25, 0.3) is 10.8 Å². The average Bonchev–Trinajstić information content (AvgIpc) is 2.98. The van der Waals surface area contributed by atoms with Gasteiger partial charge in [-0.3, -0.25) is 4.98 Å². The summed E-state index contributed by atoms with van der Waals surface area (Å²) in [7, 11) is 0. The van der Waals surface area contributed by atoms with Crippen LogP contribution in [0.5, 0.6) is 0 Å². The van der Waals surface area contributed by atoms with E-state index in [2.05, 4.69) is 31.5 Å². The van der Waals surface area contributed by atoms with E-state index in [1.807, 2.05) is 71.6 Å². The monoisotopic (exact) mass is 562 g/mol. The molecule has 2 aliphatic heterocycles. The van der Waals surface area contributed by atoms with Gasteiger partial charge in [0.2, 0.25) is 0 Å². The third kappa shape index (κ3) is 7.12. The number of nitrogens with zero attached hydrogens (tertiary/aromatic N) is 4. The third-order valence-corrected chi connectivity index (χ3v) is 7.42. The van der Waals surface area contributed by atoms with Crippen molar-refractivity contribution >= 4 is 57.1 Å². The molecule has 7 nitrogen and oxygen atoms in total. The number of benzene rings is 3. The van der Waals surface area contributed by atoms with Gasteiger partial charge in [0.05, 0.1) is 5.69 Å². The van der Waals surface area contributed by atoms with E-state index in [1.165, 1.54) is 5.69 Å². The second-order valence-corrected chi connectivity index (χ2v) is 10.4. The Morgan fingerprint density at radius 2 is 1.38 bits per heavy atom. The Balaban J connectivity index is 0.000000198. The largest absolute Gasteiger partial charge is 0.369 e. The van der Waals surface area contributed by atoms with Crippen molar-refractivity contribution in [3.63, 3.8) is 0 Å². The number of nitrogens with one attached hydrogen (secondary N) is 2. The third-order valence-electron chi connectivity index (χ3n) is 6.95. The summed E-state index contributed by atoms with van der Waals surface area (Å²) in [5.74, 6) is 0. The molecule has 2 N–H and O–H groups in total. The highest BCUT2D eigenvalue weighted by atomic mass is 35.5. The van der Waals surface area contributed by atoms with Gasteiger partial charge in [0.25, 0.3) is 0 Å². The molecule has 0 radical (unpaired) electrons. The van der Waals surface area contributed by atoms with Gasteiger partial charge in [0.15, 0.2) is 0 Å². The van der Waals surface area contributed by atoms with Crippen LogP contribution in [0.2, 0.25) is 10.0 Å². The van der Waals surface area contributed by atoms with Crippen molar-refractivity contribution in [3.8, 4) is 0 Å². The van der Waals surface area contributed by atoms with E-state index in [0.717, 1.165) is 71.5 Å². The standard InChI is InChI=1S/C20H19ClN4O.C10H13ClN2/c21-16-4-2-5-17(13-16)24-9-11-25(12-10-24)20(26)23-19-6-1-3-15-14-22-8-7-18(15)19;11-9-2-1-3-10(8-9)13-6-4-12-5-7-13/h1-8,13-14H,9-12H2,(H,23,26);1-3,8,12H,4-7H2. The van der Waals surface area contributed by atoms with E-state index >= 15 is 0 Å². The highest BCUT2D eigenvalue weighted by Crippen LogP contribution is 2.24. The molecule has 39 heavy (non-hydrogen) atoms. The summed E-state index contributed by atoms with van der Waals surface area (Å²) in [5, 5.41) is 9.91. The Kier molecular flexibility index (Phi) is 9.04. The molecule has 2 fully saturated rings. The van der Waals surface area contributed by atoms with E-state index in [9.17, 15) is 4.79 Å². The Morgan fingerprint density at radius 1 is 0.769 bits per heavy atom. The summed E-state index contributed by atoms with van der Waals surface area (Å²) in [6.45, 7) is 7.18. The summed E-state index contributed by atoms with van der Waals surface area (Å²) in [5.41, 5.74) is 3.14. The fraction of sp³-hybridized carbons (Fsp3) is 0.267. The Bertz CT molecular complexity index is 1400. The minimum Gasteiger partial charge on any atom is -0.369 e. The molecule has 1 aromatic heterocycles. The minimum absolute atomic E-state index is 0.0694. The molecule has 2 aliphatic rings. The number of piperazine rings is 2. The molecular weight excluding hydrogens is 531 g/mol. The summed E-state index contributed by atoms with van der Waals surface area (Å²) >= 11 is 12.0. The lowest BCUT2D eigenvalue weighted by Gasteiger charge is -2.36. The molecule has 9 heteroatoms. The van der Waals surface area contributed by atoms with Crippen LogP contribution in [-0.2, 0) is 0 Å². The second kappa shape index (κ2) is 13.0. The van der Waals surface area contributed by atoms with Gasteiger partial charge in [-0.2, -0.15) is 0 Å². The first-order valence-electron chi connectivity index (χ1n) is 13.2. The van der Waals surface area contributed by atoms with Crippen LogP contribution in [-0.4, -0.2) is 68.3 Å². The maximum atomic E-state index is 12.7. The average molecular weight is 564 g/mol. The first-order valence-corrected chi connectivity index (χ1v) is 13.9. The molecule has 6 rings (SSSR count). The van der Waals surface area contributed by atoms with Gasteiger partial charge < -0.3 is 25.3 Å². The molecule has 0 bridgehead atoms. The quantitative estimate of drug-likeness (QED) is 0.321. The number of carbonyl (C=O) groups is 1. The summed E-state index contributed by atoms with van der Waals surface area (Å²) < 4.78 is 0. The van der Waals surface area contributed by atoms with Crippen LogP contribution in [0.4, 0.5) is 21.9 Å². The first kappa shape index (κ1) is 27.1. The SMILES string of the molecule is Clc1cccc(N2CCNCC2)c1.O=C(Nc1cccc2cnccc12)N1CCN(c2cccc(Cl)c2)CC1. The number of aromatic nitrogens is 1. The van der Waals surface area contributed by atoms with Gasteiger partial charge in [0.1, 0.15) is 0 Å². The number of pyridine rings is 1. The molecule has 4 aromatic rings. The van der Waals surface area contributed by atoms with Gasteiger partial charge >= 0.3 is 6.03 Å². The molecule has 0 atom stereocenters. The van der Waals surface area contributed by atoms with Crippen molar-refractivity contribution in [1.29, 1.82) is 0 Å². The van der Waals surface area contributed by atoms with Crippen molar-refractivity contribution in [3.05, 3.63) is 95.2 Å². The molecule has 2 saturated heterocycles. The zero-order valence-corrected chi connectivity index (χ0v) is 23.2. The number of halogens is 2. The fourth-order valence-electron chi connectivity index (χ4n) is 4.86. The lowest BCUT2D eigenvalue weighted by Crippen LogP contribution is -2.50. The lowest BCUT2D eigenvalue weighted by atomic mass is 10.1. The van der Waals surface area contributed by atoms with Gasteiger partial charge in [0, 0.05) is 96.9 Å². The smallest absolute Gasteiger partial charge is 0.321 e. The van der Waals surface area contributed by atoms with Gasteiger partial charge in [-0.05, 0) is 48.5 Å². The number of hydrogen-bond donors (Lipinski definition) is 2. The van der Waals surface area contributed by atoms with E-state index in [4.69, 9.17) is 23.2 Å². The Morgan fingerprint density at radius 3 is 2.03 bits per heavy atom. The molecule has 2 amide bonds. The molecule has 0 unspecified atom stereocenters. The predicted octanol–water partition coefficient (Wildman–Crippen LogP) is 5.99. The van der Waals surface area contributed by atoms with Crippen LogP contribution in [0.1, 0.15) is 0 Å². The number of hydrogen-bond acceptors (Lipinski definition) is 5. The highest BCUT2D eigenvalue weighted by Gasteiger charge is 2.22. The molecule has 0 aliphatic carbocycles. The van der Waals surface area contributed by atoms with E-state index in [1.54, 1.807) is 12.4 Å². The van der Waals surface area contributed by atoms with Crippen molar-refractivity contribution < 1.29 is 4.79 Å². The summed E-state index contributed by atoms with van der Waals surface area (Å²) in [6, 6.07) is 23.5. The maximum Gasteiger partial charge on any atom is 0.321 e. The molecule has 0 saturated carbocycles. The first-order chi connectivity index (χ1) is 19.1. The molecular formula is C30H32Cl2N6O. The minimum atomic E-state index is -0.0694. The van der Waals surface area contributed by atoms with Gasteiger partial charge in [-0.25, -0.2) is 4.79 Å². The fourth-order valence-corrected chi connectivity index (χ4v) is 5.23. The van der Waals surface area contributed by atoms with Crippen LogP contribution in [0.3, 0.4) is 0 Å². The maximum absolute atomic E-state index is 12.7. The Labute approximate surface area is 239 Å². The zero-order chi connectivity index (χ0) is 27.0. The van der Waals surface area contributed by atoms with Gasteiger partial charge in [-0.15, -0.1) is 0 Å². The number of anilines is 3. The number of urea groups is 1. The van der Waals surface area contributed by atoms with Crippen molar-refractivity contribution in [2.45, 2.75) is 0 Å². The molecule has 0 spiro atoms. The second-order valence-electron chi connectivity index (χ2n) is 9.50. The Hall–Kier alpha value is -3.52. The molecule has 202 valence electrons. The topological polar surface area (TPSA) is 63.7 Å². The molecule has 3 aromatic carbocycles. The predicted molar refractivity (Wildman–Crippen MR) is 163 cm³/mol. The number of amides is 2. The van der Waals surface area contributed by atoms with Crippen LogP contribution >= 0.6 is 23.2 Å². The number of carbonyl (C=O) groups excluding carboxylic acids is 1. The number of fused-ring (bicyclic) bond motifs is 1. The van der Waals surface area contributed by atoms with Crippen LogP contribution < -0.4 is 20.4 Å². The number of rotatable bonds is 3. The lowest BCUT2D eigenvalue weighted by molar-refractivity contribution is 0.208. The molecule has 3 heterocycles. The van der Waals surface area contributed by atoms with Gasteiger partial charge in [-0.1, -0.05) is 47.5 Å². The van der Waals surface area contributed by atoms with Crippen molar-refractivity contribution in [1.82, 2.24) is 15.2 Å². The summed E-state index contributed by atoms with van der Waals surface area (Å²) in [6.07, 6.45) is 3.54. The normalized spacial score (nSPS) is 15.5.